The normalized spacial score (nSPS) is 11.2. The lowest BCUT2D eigenvalue weighted by molar-refractivity contribution is -0.116. The lowest BCUT2D eigenvalue weighted by Gasteiger charge is -2.05. The van der Waals surface area contributed by atoms with Crippen LogP contribution in [0.15, 0.2) is 11.1 Å². The molecule has 0 saturated carbocycles. The van der Waals surface area contributed by atoms with Gasteiger partial charge in [-0.25, -0.2) is 9.78 Å². The highest BCUT2D eigenvalue weighted by Gasteiger charge is 2.21. The predicted octanol–water partition coefficient (Wildman–Crippen LogP) is 2.18. The van der Waals surface area contributed by atoms with Crippen LogP contribution in [0.5, 0.6) is 0 Å². The number of hydrogen-bond donors (Lipinski definition) is 1. The highest BCUT2D eigenvalue weighted by Crippen LogP contribution is 2.27. The van der Waals surface area contributed by atoms with Gasteiger partial charge in [-0.05, 0) is 12.5 Å². The summed E-state index contributed by atoms with van der Waals surface area (Å²) in [5.41, 5.74) is 0.0790. The number of anilines is 1. The number of carbonyl (C=O) groups excluding carboxylic acids is 2. The van der Waals surface area contributed by atoms with Crippen LogP contribution in [0.1, 0.15) is 40.0 Å². The van der Waals surface area contributed by atoms with Gasteiger partial charge >= 0.3 is 5.97 Å². The van der Waals surface area contributed by atoms with E-state index in [9.17, 15) is 14.4 Å². The smallest absolute Gasteiger partial charge is 0.348 e. The molecule has 0 saturated heterocycles. The topological polar surface area (TPSA) is 125 Å². The maximum absolute atomic E-state index is 12.9. The number of amides is 1. The fourth-order valence-corrected chi connectivity index (χ4v) is 4.38. The summed E-state index contributed by atoms with van der Waals surface area (Å²) >= 11 is 2.37. The Morgan fingerprint density at radius 1 is 1.23 bits per heavy atom. The Kier molecular flexibility index (Phi) is 6.90. The molecule has 0 aromatic carbocycles. The first-order valence-electron chi connectivity index (χ1n) is 9.09. The van der Waals surface area contributed by atoms with Crippen molar-refractivity contribution in [1.82, 2.24) is 19.7 Å². The first-order chi connectivity index (χ1) is 14.3. The quantitative estimate of drug-likeness (QED) is 0.408. The average Bonchev–Trinajstić information content (AvgIpc) is 3.29. The summed E-state index contributed by atoms with van der Waals surface area (Å²) in [6, 6.07) is 0. The Morgan fingerprint density at radius 3 is 2.67 bits per heavy atom. The zero-order valence-electron chi connectivity index (χ0n) is 16.9. The Bertz CT molecular complexity index is 1130. The van der Waals surface area contributed by atoms with Crippen molar-refractivity contribution in [2.75, 3.05) is 25.6 Å². The maximum atomic E-state index is 12.9. The molecule has 30 heavy (non-hydrogen) atoms. The minimum atomic E-state index is -0.534. The van der Waals surface area contributed by atoms with E-state index in [-0.39, 0.29) is 25.7 Å². The Morgan fingerprint density at radius 2 is 2.00 bits per heavy atom. The molecule has 3 heterocycles. The molecule has 0 aliphatic carbocycles. The van der Waals surface area contributed by atoms with Gasteiger partial charge in [-0.3, -0.25) is 19.5 Å². The van der Waals surface area contributed by atoms with E-state index in [4.69, 9.17) is 9.47 Å². The second-order valence-corrected chi connectivity index (χ2v) is 8.70. The van der Waals surface area contributed by atoms with E-state index >= 15 is 0 Å². The third-order valence-electron chi connectivity index (χ3n) is 4.12. The minimum Gasteiger partial charge on any atom is -0.459 e. The number of nitrogens with zero attached hydrogens (tertiary/aromatic N) is 4. The van der Waals surface area contributed by atoms with Crippen molar-refractivity contribution in [2.45, 2.75) is 33.2 Å². The molecule has 0 radical (unpaired) electrons. The third-order valence-corrected chi connectivity index (χ3v) is 6.44. The molecule has 160 valence electrons. The summed E-state index contributed by atoms with van der Waals surface area (Å²) in [5, 5.41) is 12.1. The molecule has 0 spiro atoms. The molecular weight excluding hydrogens is 430 g/mol. The van der Waals surface area contributed by atoms with Crippen LogP contribution in [0.2, 0.25) is 0 Å². The van der Waals surface area contributed by atoms with Gasteiger partial charge in [0, 0.05) is 13.0 Å². The van der Waals surface area contributed by atoms with Crippen molar-refractivity contribution in [3.05, 3.63) is 32.1 Å². The molecule has 1 amide bonds. The first-order valence-corrected chi connectivity index (χ1v) is 10.7. The largest absolute Gasteiger partial charge is 0.459 e. The zero-order chi connectivity index (χ0) is 21.8. The highest BCUT2D eigenvalue weighted by atomic mass is 32.1. The number of nitrogens with one attached hydrogen (secondary N) is 1. The Hall–Kier alpha value is -2.70. The van der Waals surface area contributed by atoms with Gasteiger partial charge in [0.15, 0.2) is 0 Å². The number of hydrogen-bond acceptors (Lipinski definition) is 10. The van der Waals surface area contributed by atoms with E-state index in [1.54, 1.807) is 6.92 Å². The van der Waals surface area contributed by atoms with Crippen molar-refractivity contribution in [3.8, 4) is 0 Å². The SMILES string of the molecule is COCCOC(=O)c1sc2ncn(CC(=O)Nc3nnc(C(C)C)s3)c(=O)c2c1C. The van der Waals surface area contributed by atoms with Crippen molar-refractivity contribution in [1.29, 1.82) is 0 Å². The molecule has 10 nitrogen and oxygen atoms in total. The molecule has 12 heteroatoms. The van der Waals surface area contributed by atoms with Gasteiger partial charge < -0.3 is 9.47 Å². The summed E-state index contributed by atoms with van der Waals surface area (Å²) in [7, 11) is 1.51. The van der Waals surface area contributed by atoms with Crippen LogP contribution in [0.3, 0.4) is 0 Å². The molecule has 3 rings (SSSR count). The summed E-state index contributed by atoms with van der Waals surface area (Å²) in [4.78, 5) is 42.4. The second kappa shape index (κ2) is 9.41. The van der Waals surface area contributed by atoms with Crippen LogP contribution < -0.4 is 10.9 Å². The predicted molar refractivity (Wildman–Crippen MR) is 113 cm³/mol. The number of aromatic nitrogens is 4. The molecular formula is C18H21N5O5S2. The van der Waals surface area contributed by atoms with Crippen molar-refractivity contribution >= 4 is 49.9 Å². The number of thiophene rings is 1. The Balaban J connectivity index is 1.79. The third kappa shape index (κ3) is 4.71. The van der Waals surface area contributed by atoms with Gasteiger partial charge in [-0.15, -0.1) is 21.5 Å². The number of carbonyl (C=O) groups is 2. The van der Waals surface area contributed by atoms with Gasteiger partial charge in [0.25, 0.3) is 5.56 Å². The van der Waals surface area contributed by atoms with E-state index in [1.165, 1.54) is 29.3 Å². The molecule has 0 atom stereocenters. The summed E-state index contributed by atoms with van der Waals surface area (Å²) < 4.78 is 11.2. The summed E-state index contributed by atoms with van der Waals surface area (Å²) in [6.07, 6.45) is 1.29. The van der Waals surface area contributed by atoms with Gasteiger partial charge in [0.1, 0.15) is 27.9 Å². The summed E-state index contributed by atoms with van der Waals surface area (Å²) in [5.74, 6) is -0.746. The highest BCUT2D eigenvalue weighted by molar-refractivity contribution is 7.20. The number of aryl methyl sites for hydroxylation is 1. The molecule has 0 unspecified atom stereocenters. The van der Waals surface area contributed by atoms with Gasteiger partial charge in [-0.1, -0.05) is 25.2 Å². The number of fused-ring (bicyclic) bond motifs is 1. The van der Waals surface area contributed by atoms with E-state index < -0.39 is 17.4 Å². The van der Waals surface area contributed by atoms with Crippen LogP contribution >= 0.6 is 22.7 Å². The first kappa shape index (κ1) is 22.0. The Labute approximate surface area is 179 Å². The van der Waals surface area contributed by atoms with E-state index in [1.807, 2.05) is 13.8 Å². The maximum Gasteiger partial charge on any atom is 0.348 e. The van der Waals surface area contributed by atoms with E-state index in [2.05, 4.69) is 20.5 Å². The molecule has 0 fully saturated rings. The van der Waals surface area contributed by atoms with Gasteiger partial charge in [0.2, 0.25) is 11.0 Å². The number of esters is 1. The fraction of sp³-hybridized carbons (Fsp3) is 0.444. The second-order valence-electron chi connectivity index (χ2n) is 6.69. The van der Waals surface area contributed by atoms with Gasteiger partial charge in [0.05, 0.1) is 18.3 Å². The standard InChI is InChI=1S/C18H21N5O5S2/c1-9(2)14-21-22-18(30-14)20-11(24)7-23-8-19-15-12(16(23)25)10(3)13(29-15)17(26)28-6-5-27-4/h8-9H,5-7H2,1-4H3,(H,20,22,24). The molecule has 3 aromatic heterocycles. The number of ether oxygens (including phenoxy) is 2. The molecule has 3 aromatic rings. The molecule has 0 aliphatic heterocycles. The van der Waals surface area contributed by atoms with Crippen LogP contribution in [0, 0.1) is 6.92 Å². The molecule has 0 aliphatic rings. The molecule has 0 bridgehead atoms. The number of methoxy groups -OCH3 is 1. The lowest BCUT2D eigenvalue weighted by Crippen LogP contribution is -2.27. The fourth-order valence-electron chi connectivity index (χ4n) is 2.58. The molecule has 1 N–H and O–H groups in total. The van der Waals surface area contributed by atoms with E-state index in [0.29, 0.717) is 25.8 Å². The van der Waals surface area contributed by atoms with Crippen molar-refractivity contribution in [2.24, 2.45) is 0 Å². The summed E-state index contributed by atoms with van der Waals surface area (Å²) in [6.45, 7) is 5.79. The van der Waals surface area contributed by atoms with Crippen LogP contribution in [0.25, 0.3) is 10.2 Å². The van der Waals surface area contributed by atoms with E-state index in [0.717, 1.165) is 16.3 Å². The van der Waals surface area contributed by atoms with Gasteiger partial charge in [-0.2, -0.15) is 0 Å². The van der Waals surface area contributed by atoms with Crippen molar-refractivity contribution < 1.29 is 19.1 Å². The lowest BCUT2D eigenvalue weighted by atomic mass is 10.2. The zero-order valence-corrected chi connectivity index (χ0v) is 18.6. The van der Waals surface area contributed by atoms with Crippen LogP contribution in [0.4, 0.5) is 5.13 Å². The monoisotopic (exact) mass is 451 g/mol. The average molecular weight is 452 g/mol. The minimum absolute atomic E-state index is 0.116. The van der Waals surface area contributed by atoms with Crippen LogP contribution in [-0.4, -0.2) is 51.9 Å². The van der Waals surface area contributed by atoms with Crippen LogP contribution in [-0.2, 0) is 20.8 Å². The van der Waals surface area contributed by atoms with Crippen molar-refractivity contribution in [3.63, 3.8) is 0 Å². The number of rotatable bonds is 8.